The van der Waals surface area contributed by atoms with Crippen molar-refractivity contribution in [1.29, 1.82) is 0 Å². The van der Waals surface area contributed by atoms with Crippen molar-refractivity contribution >= 4 is 17.5 Å². The number of ketones is 1. The Morgan fingerprint density at radius 1 is 0.950 bits per heavy atom. The zero-order valence-electron chi connectivity index (χ0n) is 12.8. The van der Waals surface area contributed by atoms with Crippen LogP contribution in [0.5, 0.6) is 0 Å². The highest BCUT2D eigenvalue weighted by molar-refractivity contribution is 7.99. The molecule has 0 N–H and O–H groups in total. The first-order chi connectivity index (χ1) is 9.83. The number of carbonyl (C=O) groups is 1. The van der Waals surface area contributed by atoms with Crippen molar-refractivity contribution in [2.75, 3.05) is 11.5 Å². The number of unbranched alkanes of at least 4 members (excludes halogenated alkanes) is 5. The van der Waals surface area contributed by atoms with Crippen LogP contribution in [-0.4, -0.2) is 17.3 Å². The minimum absolute atomic E-state index is 0.367. The van der Waals surface area contributed by atoms with Gasteiger partial charge in [0.25, 0.3) is 0 Å². The number of thioether (sulfide) groups is 1. The van der Waals surface area contributed by atoms with Crippen LogP contribution >= 0.6 is 11.8 Å². The highest BCUT2D eigenvalue weighted by atomic mass is 32.2. The monoisotopic (exact) mass is 292 g/mol. The zero-order valence-corrected chi connectivity index (χ0v) is 13.6. The Labute approximate surface area is 128 Å². The average Bonchev–Trinajstić information content (AvgIpc) is 2.46. The predicted molar refractivity (Wildman–Crippen MR) is 90.5 cm³/mol. The van der Waals surface area contributed by atoms with Gasteiger partial charge in [0.2, 0.25) is 0 Å². The molecule has 2 heteroatoms. The molecule has 0 atom stereocenters. The Bertz CT molecular complexity index is 348. The molecule has 0 amide bonds. The lowest BCUT2D eigenvalue weighted by Gasteiger charge is -2.03. The lowest BCUT2D eigenvalue weighted by atomic mass is 10.1. The highest BCUT2D eigenvalue weighted by Crippen LogP contribution is 2.11. The van der Waals surface area contributed by atoms with E-state index in [1.54, 1.807) is 0 Å². The summed E-state index contributed by atoms with van der Waals surface area (Å²) in [6, 6.07) is 10.0. The van der Waals surface area contributed by atoms with E-state index in [1.165, 1.54) is 44.3 Å². The van der Waals surface area contributed by atoms with Gasteiger partial charge >= 0.3 is 0 Å². The Morgan fingerprint density at radius 2 is 1.65 bits per heavy atom. The summed E-state index contributed by atoms with van der Waals surface area (Å²) in [5.74, 6) is 2.57. The van der Waals surface area contributed by atoms with Crippen molar-refractivity contribution < 1.29 is 4.79 Å². The van der Waals surface area contributed by atoms with Crippen LogP contribution in [-0.2, 0) is 11.2 Å². The fourth-order valence-electron chi connectivity index (χ4n) is 2.18. The summed E-state index contributed by atoms with van der Waals surface area (Å²) in [4.78, 5) is 11.8. The summed E-state index contributed by atoms with van der Waals surface area (Å²) < 4.78 is 0. The summed E-state index contributed by atoms with van der Waals surface area (Å²) in [5.41, 5.74) is 1.14. The molecule has 0 saturated heterocycles. The lowest BCUT2D eigenvalue weighted by Crippen LogP contribution is -2.04. The van der Waals surface area contributed by atoms with Crippen LogP contribution in [0.3, 0.4) is 0 Å². The van der Waals surface area contributed by atoms with Crippen LogP contribution in [0.2, 0.25) is 0 Å². The molecular weight excluding hydrogens is 264 g/mol. The Hall–Kier alpha value is -0.760. The van der Waals surface area contributed by atoms with E-state index in [1.807, 2.05) is 42.1 Å². The predicted octanol–water partition coefficient (Wildman–Crippen LogP) is 5.28. The molecule has 0 heterocycles. The number of hydrogen-bond acceptors (Lipinski definition) is 2. The van der Waals surface area contributed by atoms with Crippen LogP contribution in [0.25, 0.3) is 0 Å². The smallest absolute Gasteiger partial charge is 0.138 e. The van der Waals surface area contributed by atoms with E-state index >= 15 is 0 Å². The molecule has 0 aliphatic heterocycles. The Balaban J connectivity index is 1.92. The van der Waals surface area contributed by atoms with Gasteiger partial charge in [-0.1, -0.05) is 69.4 Å². The summed E-state index contributed by atoms with van der Waals surface area (Å²) in [6.45, 7) is 2.25. The third kappa shape index (κ3) is 9.19. The molecular formula is C18H28OS. The SMILES string of the molecule is CCCCCCCCSCCC(=O)Cc1ccccc1. The Morgan fingerprint density at radius 3 is 2.40 bits per heavy atom. The van der Waals surface area contributed by atoms with Crippen molar-refractivity contribution in [3.63, 3.8) is 0 Å². The third-order valence-electron chi connectivity index (χ3n) is 3.41. The van der Waals surface area contributed by atoms with Gasteiger partial charge in [-0.15, -0.1) is 0 Å². The first kappa shape index (κ1) is 17.3. The molecule has 1 aromatic rings. The van der Waals surface area contributed by atoms with E-state index in [2.05, 4.69) is 6.92 Å². The quantitative estimate of drug-likeness (QED) is 0.487. The zero-order chi connectivity index (χ0) is 14.5. The summed E-state index contributed by atoms with van der Waals surface area (Å²) in [7, 11) is 0. The molecule has 0 saturated carbocycles. The molecule has 0 radical (unpaired) electrons. The van der Waals surface area contributed by atoms with E-state index in [9.17, 15) is 4.79 Å². The van der Waals surface area contributed by atoms with Crippen LogP contribution in [0.15, 0.2) is 30.3 Å². The second-order valence-corrected chi connectivity index (χ2v) is 6.56. The molecule has 0 aliphatic rings. The van der Waals surface area contributed by atoms with Crippen molar-refractivity contribution in [2.45, 2.75) is 58.3 Å². The molecule has 20 heavy (non-hydrogen) atoms. The number of benzene rings is 1. The van der Waals surface area contributed by atoms with Gasteiger partial charge in [0, 0.05) is 18.6 Å². The lowest BCUT2D eigenvalue weighted by molar-refractivity contribution is -0.118. The van der Waals surface area contributed by atoms with Crippen LogP contribution in [0.1, 0.15) is 57.4 Å². The van der Waals surface area contributed by atoms with Crippen molar-refractivity contribution in [3.8, 4) is 0 Å². The van der Waals surface area contributed by atoms with Gasteiger partial charge in [-0.25, -0.2) is 0 Å². The first-order valence-electron chi connectivity index (χ1n) is 7.96. The van der Waals surface area contributed by atoms with Crippen LogP contribution in [0, 0.1) is 0 Å². The minimum Gasteiger partial charge on any atom is -0.299 e. The molecule has 0 spiro atoms. The van der Waals surface area contributed by atoms with E-state index in [-0.39, 0.29) is 0 Å². The third-order valence-corrected chi connectivity index (χ3v) is 4.48. The average molecular weight is 292 g/mol. The van der Waals surface area contributed by atoms with Gasteiger partial charge in [-0.3, -0.25) is 4.79 Å². The second kappa shape index (κ2) is 12.0. The number of rotatable bonds is 12. The summed E-state index contributed by atoms with van der Waals surface area (Å²) in [6.07, 6.45) is 9.43. The van der Waals surface area contributed by atoms with Crippen LogP contribution in [0.4, 0.5) is 0 Å². The van der Waals surface area contributed by atoms with Gasteiger partial charge in [0.15, 0.2) is 0 Å². The number of Topliss-reactive ketones (excluding diaryl/α,β-unsaturated/α-hetero) is 1. The van der Waals surface area contributed by atoms with Gasteiger partial charge in [-0.05, 0) is 17.7 Å². The van der Waals surface area contributed by atoms with Crippen molar-refractivity contribution in [1.82, 2.24) is 0 Å². The molecule has 0 aromatic heterocycles. The number of hydrogen-bond donors (Lipinski definition) is 0. The van der Waals surface area contributed by atoms with E-state index in [4.69, 9.17) is 0 Å². The molecule has 0 fully saturated rings. The molecule has 0 bridgehead atoms. The molecule has 0 unspecified atom stereocenters. The summed E-state index contributed by atoms with van der Waals surface area (Å²) in [5, 5.41) is 0. The van der Waals surface area contributed by atoms with E-state index in [0.717, 1.165) is 17.7 Å². The fourth-order valence-corrected chi connectivity index (χ4v) is 3.17. The van der Waals surface area contributed by atoms with Gasteiger partial charge in [0.05, 0.1) is 0 Å². The van der Waals surface area contributed by atoms with Crippen molar-refractivity contribution in [3.05, 3.63) is 35.9 Å². The summed E-state index contributed by atoms with van der Waals surface area (Å²) >= 11 is 1.94. The van der Waals surface area contributed by atoms with E-state index < -0.39 is 0 Å². The second-order valence-electron chi connectivity index (χ2n) is 5.33. The van der Waals surface area contributed by atoms with E-state index in [0.29, 0.717) is 12.2 Å². The highest BCUT2D eigenvalue weighted by Gasteiger charge is 2.03. The Kier molecular flexibility index (Phi) is 10.4. The largest absolute Gasteiger partial charge is 0.299 e. The maximum absolute atomic E-state index is 11.8. The normalized spacial score (nSPS) is 10.7. The topological polar surface area (TPSA) is 17.1 Å². The van der Waals surface area contributed by atoms with Gasteiger partial charge < -0.3 is 0 Å². The minimum atomic E-state index is 0.367. The standard InChI is InChI=1S/C18H28OS/c1-2-3-4-5-6-10-14-20-15-13-18(19)16-17-11-8-7-9-12-17/h7-9,11-12H,2-6,10,13-16H2,1H3. The molecule has 1 aromatic carbocycles. The molecule has 1 nitrogen and oxygen atoms in total. The van der Waals surface area contributed by atoms with Crippen molar-refractivity contribution in [2.24, 2.45) is 0 Å². The van der Waals surface area contributed by atoms with Gasteiger partial charge in [-0.2, -0.15) is 11.8 Å². The maximum Gasteiger partial charge on any atom is 0.138 e. The van der Waals surface area contributed by atoms with Gasteiger partial charge in [0.1, 0.15) is 5.78 Å². The molecule has 0 aliphatic carbocycles. The van der Waals surface area contributed by atoms with Crippen LogP contribution < -0.4 is 0 Å². The fraction of sp³-hybridized carbons (Fsp3) is 0.611. The molecule has 1 rings (SSSR count). The molecule has 112 valence electrons. The maximum atomic E-state index is 11.8. The first-order valence-corrected chi connectivity index (χ1v) is 9.11. The number of carbonyl (C=O) groups excluding carboxylic acids is 1.